The third-order valence-corrected chi connectivity index (χ3v) is 6.91. The Morgan fingerprint density at radius 3 is 2.75 bits per heavy atom. The Balaban J connectivity index is 1.58. The van der Waals surface area contributed by atoms with E-state index in [9.17, 15) is 9.59 Å². The molecule has 1 N–H and O–H groups in total. The van der Waals surface area contributed by atoms with Crippen molar-refractivity contribution in [2.24, 2.45) is 0 Å². The highest BCUT2D eigenvalue weighted by Gasteiger charge is 2.37. The minimum absolute atomic E-state index is 0.109. The zero-order valence-electron chi connectivity index (χ0n) is 14.7. The molecule has 0 saturated heterocycles. The summed E-state index contributed by atoms with van der Waals surface area (Å²) >= 11 is 9.80. The van der Waals surface area contributed by atoms with Crippen molar-refractivity contribution in [3.63, 3.8) is 0 Å². The Bertz CT molecular complexity index is 1040. The number of hydrogen-bond donors (Lipinski definition) is 1. The van der Waals surface area contributed by atoms with E-state index in [2.05, 4.69) is 34.5 Å². The van der Waals surface area contributed by atoms with Crippen molar-refractivity contribution in [3.05, 3.63) is 85.4 Å². The van der Waals surface area contributed by atoms with Gasteiger partial charge < -0.3 is 5.32 Å². The average Bonchev–Trinajstić information content (AvgIpc) is 3.20. The van der Waals surface area contributed by atoms with Crippen LogP contribution in [0.25, 0.3) is 0 Å². The van der Waals surface area contributed by atoms with Gasteiger partial charge in [0.15, 0.2) is 0 Å². The number of imide groups is 1. The summed E-state index contributed by atoms with van der Waals surface area (Å²) in [6.45, 7) is 4.35. The lowest BCUT2D eigenvalue weighted by atomic mass is 10.1. The summed E-state index contributed by atoms with van der Waals surface area (Å²) in [5.74, 6) is -0.557. The van der Waals surface area contributed by atoms with Crippen molar-refractivity contribution in [1.29, 1.82) is 0 Å². The second kappa shape index (κ2) is 7.93. The van der Waals surface area contributed by atoms with Crippen molar-refractivity contribution in [2.75, 3.05) is 5.32 Å². The lowest BCUT2D eigenvalue weighted by Gasteiger charge is -2.17. The molecule has 2 aliphatic heterocycles. The summed E-state index contributed by atoms with van der Waals surface area (Å²) in [6, 6.07) is 13.1. The zero-order valence-corrected chi connectivity index (χ0v) is 18.5. The van der Waals surface area contributed by atoms with Crippen molar-refractivity contribution >= 4 is 63.5 Å². The molecule has 0 aliphatic carbocycles. The number of allylic oxidation sites excluding steroid dienone is 1. The summed E-state index contributed by atoms with van der Waals surface area (Å²) < 4.78 is 1.81. The van der Waals surface area contributed by atoms with Gasteiger partial charge in [0.1, 0.15) is 0 Å². The standard InChI is InChI=1S/C21H16ClIN2O2S/c1-12(17-8-9-18(22)28-17)24-16-7-3-6-15-19(16)21(27)25(20(15)26)11-13-4-2-5-14(23)10-13/h2-7,9-10,17,24H,1,8,11H2. The minimum atomic E-state index is -0.287. The first-order chi connectivity index (χ1) is 13.4. The number of nitrogens with one attached hydrogen (secondary N) is 1. The highest BCUT2D eigenvalue weighted by molar-refractivity contribution is 14.1. The van der Waals surface area contributed by atoms with Crippen LogP contribution in [0.3, 0.4) is 0 Å². The van der Waals surface area contributed by atoms with Crippen molar-refractivity contribution in [2.45, 2.75) is 18.2 Å². The fourth-order valence-electron chi connectivity index (χ4n) is 3.30. The van der Waals surface area contributed by atoms with Crippen molar-refractivity contribution in [3.8, 4) is 0 Å². The van der Waals surface area contributed by atoms with Gasteiger partial charge in [-0.25, -0.2) is 0 Å². The predicted octanol–water partition coefficient (Wildman–Crippen LogP) is 5.60. The first kappa shape index (κ1) is 19.5. The molecule has 1 unspecified atom stereocenters. The van der Waals surface area contributed by atoms with Gasteiger partial charge in [-0.15, -0.1) is 11.8 Å². The normalized spacial score (nSPS) is 18.3. The Morgan fingerprint density at radius 2 is 2.04 bits per heavy atom. The number of carbonyl (C=O) groups excluding carboxylic acids is 2. The van der Waals surface area contributed by atoms with E-state index < -0.39 is 0 Å². The molecule has 0 fully saturated rings. The highest BCUT2D eigenvalue weighted by Crippen LogP contribution is 2.39. The summed E-state index contributed by atoms with van der Waals surface area (Å²) in [5, 5.41) is 3.35. The summed E-state index contributed by atoms with van der Waals surface area (Å²) in [7, 11) is 0. The van der Waals surface area contributed by atoms with Gasteiger partial charge in [-0.1, -0.05) is 42.5 Å². The predicted molar refractivity (Wildman–Crippen MR) is 122 cm³/mol. The average molecular weight is 523 g/mol. The maximum atomic E-state index is 13.1. The quantitative estimate of drug-likeness (QED) is 0.410. The monoisotopic (exact) mass is 522 g/mol. The Kier molecular flexibility index (Phi) is 5.53. The molecule has 0 radical (unpaired) electrons. The Morgan fingerprint density at radius 1 is 1.25 bits per heavy atom. The summed E-state index contributed by atoms with van der Waals surface area (Å²) in [6.07, 6.45) is 2.74. The second-order valence-electron chi connectivity index (χ2n) is 6.56. The van der Waals surface area contributed by atoms with Crippen LogP contribution in [0, 0.1) is 3.57 Å². The molecule has 4 nitrogen and oxygen atoms in total. The number of benzene rings is 2. The van der Waals surface area contributed by atoms with E-state index in [0.29, 0.717) is 16.8 Å². The molecule has 0 saturated carbocycles. The lowest BCUT2D eigenvalue weighted by Crippen LogP contribution is -2.29. The topological polar surface area (TPSA) is 49.4 Å². The number of thioether (sulfide) groups is 1. The van der Waals surface area contributed by atoms with Gasteiger partial charge in [-0.05, 0) is 58.8 Å². The number of anilines is 1. The molecule has 0 spiro atoms. The van der Waals surface area contributed by atoms with Crippen LogP contribution in [0.2, 0.25) is 0 Å². The first-order valence-corrected chi connectivity index (χ1v) is 11.0. The molecular formula is C21H16ClIN2O2S. The number of nitrogens with zero attached hydrogens (tertiary/aromatic N) is 1. The van der Waals surface area contributed by atoms with Crippen molar-refractivity contribution < 1.29 is 9.59 Å². The minimum Gasteiger partial charge on any atom is -0.358 e. The third-order valence-electron chi connectivity index (χ3n) is 4.66. The fraction of sp³-hybridized carbons (Fsp3) is 0.143. The molecule has 2 amide bonds. The largest absolute Gasteiger partial charge is 0.358 e. The number of rotatable bonds is 5. The van der Waals surface area contributed by atoms with E-state index in [0.717, 1.165) is 25.6 Å². The highest BCUT2D eigenvalue weighted by atomic mass is 127. The second-order valence-corrected chi connectivity index (χ2v) is 9.68. The van der Waals surface area contributed by atoms with E-state index in [-0.39, 0.29) is 23.6 Å². The van der Waals surface area contributed by atoms with Gasteiger partial charge in [0.05, 0.1) is 33.0 Å². The summed E-state index contributed by atoms with van der Waals surface area (Å²) in [4.78, 5) is 27.2. The van der Waals surface area contributed by atoms with Crippen LogP contribution < -0.4 is 5.32 Å². The molecule has 7 heteroatoms. The molecule has 1 atom stereocenters. The molecule has 4 rings (SSSR count). The van der Waals surface area contributed by atoms with Crippen LogP contribution >= 0.6 is 46.0 Å². The molecule has 142 valence electrons. The van der Waals surface area contributed by atoms with Gasteiger partial charge in [0.2, 0.25) is 0 Å². The molecule has 0 bridgehead atoms. The molecule has 2 aliphatic rings. The van der Waals surface area contributed by atoms with E-state index in [1.807, 2.05) is 30.3 Å². The molecule has 0 aromatic heterocycles. The smallest absolute Gasteiger partial charge is 0.263 e. The van der Waals surface area contributed by atoms with Gasteiger partial charge in [0, 0.05) is 9.27 Å². The van der Waals surface area contributed by atoms with E-state index in [1.165, 1.54) is 16.7 Å². The SMILES string of the molecule is C=C(Nc1cccc2c1C(=O)N(Cc1cccc(I)c1)C2=O)C1CC=C(Cl)S1. The summed E-state index contributed by atoms with van der Waals surface area (Å²) in [5.41, 5.74) is 3.12. The number of fused-ring (bicyclic) bond motifs is 1. The van der Waals surface area contributed by atoms with Gasteiger partial charge in [0.25, 0.3) is 11.8 Å². The maximum Gasteiger partial charge on any atom is 0.263 e. The molecule has 28 heavy (non-hydrogen) atoms. The van der Waals surface area contributed by atoms with E-state index >= 15 is 0 Å². The van der Waals surface area contributed by atoms with Crippen LogP contribution in [0.15, 0.2) is 65.2 Å². The molecule has 2 aromatic rings. The van der Waals surface area contributed by atoms with Crippen LogP contribution in [0.1, 0.15) is 32.7 Å². The lowest BCUT2D eigenvalue weighted by molar-refractivity contribution is 0.0642. The van der Waals surface area contributed by atoms with E-state index in [1.54, 1.807) is 18.2 Å². The Labute approximate surface area is 186 Å². The third kappa shape index (κ3) is 3.73. The zero-order chi connectivity index (χ0) is 19.8. The molecule has 2 heterocycles. The van der Waals surface area contributed by atoms with Crippen LogP contribution in [-0.4, -0.2) is 22.0 Å². The fourth-order valence-corrected chi connectivity index (χ4v) is 5.18. The number of amides is 2. The number of halogens is 2. The van der Waals surface area contributed by atoms with E-state index in [4.69, 9.17) is 11.6 Å². The maximum absolute atomic E-state index is 13.1. The molecular weight excluding hydrogens is 507 g/mol. The van der Waals surface area contributed by atoms with Gasteiger partial charge in [-0.2, -0.15) is 0 Å². The number of carbonyl (C=O) groups is 2. The number of hydrogen-bond acceptors (Lipinski definition) is 4. The van der Waals surface area contributed by atoms with Crippen LogP contribution in [-0.2, 0) is 6.54 Å². The molecule has 2 aromatic carbocycles. The van der Waals surface area contributed by atoms with Gasteiger partial charge in [-0.3, -0.25) is 14.5 Å². The van der Waals surface area contributed by atoms with Crippen LogP contribution in [0.4, 0.5) is 5.69 Å². The Hall–Kier alpha value is -1.77. The first-order valence-electron chi connectivity index (χ1n) is 8.66. The van der Waals surface area contributed by atoms with Crippen molar-refractivity contribution in [1.82, 2.24) is 4.90 Å². The van der Waals surface area contributed by atoms with Crippen LogP contribution in [0.5, 0.6) is 0 Å². The van der Waals surface area contributed by atoms with Gasteiger partial charge >= 0.3 is 0 Å².